The van der Waals surface area contributed by atoms with E-state index >= 15 is 0 Å². The Kier molecular flexibility index (Phi) is 11.6. The summed E-state index contributed by atoms with van der Waals surface area (Å²) in [6.07, 6.45) is 4.75. The standard InChI is InChI=1S/C11H25NOS/c1-3-11(12-4-2)7-5-9-14-10-6-8-13/h11-13H,3-10H2,1-2H3. The van der Waals surface area contributed by atoms with Crippen LogP contribution in [0.2, 0.25) is 0 Å². The molecule has 1 atom stereocenters. The molecule has 2 nitrogen and oxygen atoms in total. The summed E-state index contributed by atoms with van der Waals surface area (Å²) in [5.74, 6) is 2.34. The summed E-state index contributed by atoms with van der Waals surface area (Å²) < 4.78 is 0. The van der Waals surface area contributed by atoms with Gasteiger partial charge in [0.15, 0.2) is 0 Å². The third-order valence-corrected chi connectivity index (χ3v) is 3.43. The number of nitrogens with one attached hydrogen (secondary N) is 1. The minimum Gasteiger partial charge on any atom is -0.396 e. The smallest absolute Gasteiger partial charge is 0.0438 e. The van der Waals surface area contributed by atoms with Crippen LogP contribution < -0.4 is 5.32 Å². The maximum Gasteiger partial charge on any atom is 0.0438 e. The molecule has 0 amide bonds. The lowest BCUT2D eigenvalue weighted by Crippen LogP contribution is -2.28. The van der Waals surface area contributed by atoms with Gasteiger partial charge < -0.3 is 10.4 Å². The van der Waals surface area contributed by atoms with Crippen molar-refractivity contribution in [3.8, 4) is 0 Å². The Morgan fingerprint density at radius 3 is 2.50 bits per heavy atom. The molecule has 0 aliphatic rings. The Morgan fingerprint density at radius 1 is 1.21 bits per heavy atom. The third-order valence-electron chi connectivity index (χ3n) is 2.27. The van der Waals surface area contributed by atoms with Gasteiger partial charge in [-0.1, -0.05) is 13.8 Å². The zero-order valence-corrected chi connectivity index (χ0v) is 10.4. The first-order valence-corrected chi connectivity index (χ1v) is 6.92. The first-order chi connectivity index (χ1) is 6.85. The minimum absolute atomic E-state index is 0.335. The molecule has 0 fully saturated rings. The van der Waals surface area contributed by atoms with Crippen molar-refractivity contribution in [2.75, 3.05) is 24.7 Å². The molecule has 14 heavy (non-hydrogen) atoms. The van der Waals surface area contributed by atoms with Gasteiger partial charge in [-0.15, -0.1) is 0 Å². The van der Waals surface area contributed by atoms with Gasteiger partial charge in [0.2, 0.25) is 0 Å². The second kappa shape index (κ2) is 11.3. The molecule has 0 aromatic heterocycles. The van der Waals surface area contributed by atoms with Gasteiger partial charge in [0.1, 0.15) is 0 Å². The van der Waals surface area contributed by atoms with Crippen molar-refractivity contribution >= 4 is 11.8 Å². The van der Waals surface area contributed by atoms with Crippen LogP contribution >= 0.6 is 11.8 Å². The number of aliphatic hydroxyl groups excluding tert-OH is 1. The highest BCUT2D eigenvalue weighted by Gasteiger charge is 2.02. The van der Waals surface area contributed by atoms with E-state index in [4.69, 9.17) is 5.11 Å². The molecule has 0 saturated heterocycles. The van der Waals surface area contributed by atoms with Gasteiger partial charge in [0.25, 0.3) is 0 Å². The molecule has 0 aliphatic heterocycles. The van der Waals surface area contributed by atoms with E-state index in [0.29, 0.717) is 12.6 Å². The molecule has 0 saturated carbocycles. The number of hydrogen-bond donors (Lipinski definition) is 2. The summed E-state index contributed by atoms with van der Waals surface area (Å²) in [6.45, 7) is 5.82. The van der Waals surface area contributed by atoms with E-state index in [9.17, 15) is 0 Å². The van der Waals surface area contributed by atoms with Crippen molar-refractivity contribution in [3.63, 3.8) is 0 Å². The zero-order valence-electron chi connectivity index (χ0n) is 9.59. The minimum atomic E-state index is 0.335. The molecule has 0 spiro atoms. The Labute approximate surface area is 92.9 Å². The molecule has 0 aromatic carbocycles. The van der Waals surface area contributed by atoms with Crippen LogP contribution in [0.4, 0.5) is 0 Å². The molecule has 0 radical (unpaired) electrons. The van der Waals surface area contributed by atoms with Gasteiger partial charge >= 0.3 is 0 Å². The second-order valence-electron chi connectivity index (χ2n) is 3.49. The van der Waals surface area contributed by atoms with E-state index in [1.54, 1.807) is 0 Å². The average Bonchev–Trinajstić information content (AvgIpc) is 2.21. The monoisotopic (exact) mass is 219 g/mol. The maximum atomic E-state index is 8.60. The molecule has 1 unspecified atom stereocenters. The van der Waals surface area contributed by atoms with Gasteiger partial charge in [0.05, 0.1) is 0 Å². The molecule has 0 heterocycles. The summed E-state index contributed by atoms with van der Waals surface area (Å²) in [5.41, 5.74) is 0. The quantitative estimate of drug-likeness (QED) is 0.553. The Bertz CT molecular complexity index is 111. The molecule has 86 valence electrons. The van der Waals surface area contributed by atoms with Gasteiger partial charge in [-0.2, -0.15) is 11.8 Å². The van der Waals surface area contributed by atoms with Crippen LogP contribution in [-0.4, -0.2) is 35.8 Å². The first kappa shape index (κ1) is 14.3. The van der Waals surface area contributed by atoms with Crippen LogP contribution in [0.1, 0.15) is 39.5 Å². The summed E-state index contributed by atoms with van der Waals surface area (Å²) in [4.78, 5) is 0. The van der Waals surface area contributed by atoms with E-state index in [0.717, 1.165) is 18.7 Å². The Morgan fingerprint density at radius 2 is 1.93 bits per heavy atom. The predicted molar refractivity (Wildman–Crippen MR) is 66.0 cm³/mol. The van der Waals surface area contributed by atoms with Gasteiger partial charge in [-0.25, -0.2) is 0 Å². The van der Waals surface area contributed by atoms with E-state index < -0.39 is 0 Å². The average molecular weight is 219 g/mol. The summed E-state index contributed by atoms with van der Waals surface area (Å²) in [7, 11) is 0. The van der Waals surface area contributed by atoms with Crippen LogP contribution in [0.25, 0.3) is 0 Å². The van der Waals surface area contributed by atoms with Crippen molar-refractivity contribution in [1.82, 2.24) is 5.32 Å². The number of rotatable bonds is 10. The molecular weight excluding hydrogens is 194 g/mol. The molecular formula is C11H25NOS. The van der Waals surface area contributed by atoms with Gasteiger partial charge in [-0.3, -0.25) is 0 Å². The third kappa shape index (κ3) is 8.85. The molecule has 3 heteroatoms. The fourth-order valence-corrected chi connectivity index (χ4v) is 2.35. The molecule has 0 aromatic rings. The lowest BCUT2D eigenvalue weighted by molar-refractivity contribution is 0.296. The maximum absolute atomic E-state index is 8.60. The van der Waals surface area contributed by atoms with Crippen molar-refractivity contribution < 1.29 is 5.11 Å². The SMILES string of the molecule is CCNC(CC)CCCSCCCO. The van der Waals surface area contributed by atoms with Gasteiger partial charge in [-0.05, 0) is 43.7 Å². The highest BCUT2D eigenvalue weighted by atomic mass is 32.2. The first-order valence-electron chi connectivity index (χ1n) is 5.77. The van der Waals surface area contributed by atoms with Gasteiger partial charge in [0, 0.05) is 12.6 Å². The second-order valence-corrected chi connectivity index (χ2v) is 4.72. The number of thioether (sulfide) groups is 1. The van der Waals surface area contributed by atoms with Crippen LogP contribution in [0.3, 0.4) is 0 Å². The zero-order chi connectivity index (χ0) is 10.6. The molecule has 0 bridgehead atoms. The fourth-order valence-electron chi connectivity index (χ4n) is 1.44. The van der Waals surface area contributed by atoms with Crippen LogP contribution in [0.15, 0.2) is 0 Å². The highest BCUT2D eigenvalue weighted by Crippen LogP contribution is 2.09. The molecule has 2 N–H and O–H groups in total. The highest BCUT2D eigenvalue weighted by molar-refractivity contribution is 7.99. The van der Waals surface area contributed by atoms with Crippen LogP contribution in [0.5, 0.6) is 0 Å². The summed E-state index contributed by atoms with van der Waals surface area (Å²) >= 11 is 1.96. The van der Waals surface area contributed by atoms with Crippen molar-refractivity contribution in [2.45, 2.75) is 45.6 Å². The lowest BCUT2D eigenvalue weighted by Gasteiger charge is -2.14. The normalized spacial score (nSPS) is 13.1. The van der Waals surface area contributed by atoms with Crippen molar-refractivity contribution in [2.24, 2.45) is 0 Å². The van der Waals surface area contributed by atoms with E-state index in [2.05, 4.69) is 19.2 Å². The van der Waals surface area contributed by atoms with E-state index in [1.165, 1.54) is 25.0 Å². The van der Waals surface area contributed by atoms with E-state index in [-0.39, 0.29) is 0 Å². The van der Waals surface area contributed by atoms with Crippen LogP contribution in [0, 0.1) is 0 Å². The molecule has 0 aliphatic carbocycles. The Hall–Kier alpha value is 0.270. The fraction of sp³-hybridized carbons (Fsp3) is 1.00. The lowest BCUT2D eigenvalue weighted by atomic mass is 10.1. The van der Waals surface area contributed by atoms with Crippen molar-refractivity contribution in [1.29, 1.82) is 0 Å². The summed E-state index contributed by atoms with van der Waals surface area (Å²) in [5, 5.41) is 12.1. The molecule has 0 rings (SSSR count). The largest absolute Gasteiger partial charge is 0.396 e. The number of hydrogen-bond acceptors (Lipinski definition) is 3. The Balaban J connectivity index is 3.15. The number of aliphatic hydroxyl groups is 1. The van der Waals surface area contributed by atoms with Crippen LogP contribution in [-0.2, 0) is 0 Å². The summed E-state index contributed by atoms with van der Waals surface area (Å²) in [6, 6.07) is 0.707. The van der Waals surface area contributed by atoms with Crippen molar-refractivity contribution in [3.05, 3.63) is 0 Å². The predicted octanol–water partition coefficient (Wildman–Crippen LogP) is 2.27. The van der Waals surface area contributed by atoms with E-state index in [1.807, 2.05) is 11.8 Å². The topological polar surface area (TPSA) is 32.3 Å².